The fourth-order valence-electron chi connectivity index (χ4n) is 1.97. The van der Waals surface area contributed by atoms with Crippen molar-refractivity contribution in [3.8, 4) is 5.75 Å². The van der Waals surface area contributed by atoms with Crippen LogP contribution in [-0.2, 0) is 4.74 Å². The van der Waals surface area contributed by atoms with Crippen molar-refractivity contribution in [2.45, 2.75) is 25.0 Å². The topological polar surface area (TPSA) is 38.7 Å². The van der Waals surface area contributed by atoms with Crippen LogP contribution in [0.1, 0.15) is 24.5 Å². The molecule has 1 aliphatic rings. The van der Waals surface area contributed by atoms with Crippen LogP contribution in [0, 0.1) is 0 Å². The van der Waals surface area contributed by atoms with Crippen LogP contribution in [0.4, 0.5) is 0 Å². The van der Waals surface area contributed by atoms with E-state index in [-0.39, 0.29) is 12.2 Å². The Morgan fingerprint density at radius 2 is 2.00 bits per heavy atom. The van der Waals surface area contributed by atoms with Crippen molar-refractivity contribution in [1.82, 2.24) is 0 Å². The SMILES string of the molecule is COc1c(Br)cc(C2CC(O)CCO2)cc1Br. The second kappa shape index (κ2) is 5.69. The van der Waals surface area contributed by atoms with Gasteiger partial charge in [-0.25, -0.2) is 0 Å². The molecule has 0 amide bonds. The maximum atomic E-state index is 9.65. The third-order valence-electron chi connectivity index (χ3n) is 2.85. The number of aliphatic hydroxyl groups excluding tert-OH is 1. The number of hydrogen-bond acceptors (Lipinski definition) is 3. The first-order valence-corrected chi connectivity index (χ1v) is 7.03. The molecule has 5 heteroatoms. The van der Waals surface area contributed by atoms with Crippen molar-refractivity contribution >= 4 is 31.9 Å². The highest BCUT2D eigenvalue weighted by molar-refractivity contribution is 9.11. The third-order valence-corrected chi connectivity index (χ3v) is 4.03. The molecule has 1 aromatic carbocycles. The molecular weight excluding hydrogens is 352 g/mol. The number of halogens is 2. The van der Waals surface area contributed by atoms with Crippen LogP contribution in [0.25, 0.3) is 0 Å². The van der Waals surface area contributed by atoms with Crippen molar-refractivity contribution in [2.75, 3.05) is 13.7 Å². The summed E-state index contributed by atoms with van der Waals surface area (Å²) in [5.74, 6) is 0.769. The monoisotopic (exact) mass is 364 g/mol. The number of hydrogen-bond donors (Lipinski definition) is 1. The standard InChI is InChI=1S/C12H14Br2O3/c1-16-12-9(13)4-7(5-10(12)14)11-6-8(15)2-3-17-11/h4-5,8,11,15H,2-3,6H2,1H3. The van der Waals surface area contributed by atoms with Gasteiger partial charge in [0.25, 0.3) is 0 Å². The summed E-state index contributed by atoms with van der Waals surface area (Å²) >= 11 is 6.93. The van der Waals surface area contributed by atoms with E-state index in [9.17, 15) is 5.11 Å². The maximum Gasteiger partial charge on any atom is 0.147 e. The molecule has 0 bridgehead atoms. The minimum atomic E-state index is -0.270. The Bertz CT molecular complexity index is 386. The van der Waals surface area contributed by atoms with Crippen molar-refractivity contribution in [2.24, 2.45) is 0 Å². The molecule has 3 nitrogen and oxygen atoms in total. The predicted molar refractivity (Wildman–Crippen MR) is 72.3 cm³/mol. The van der Waals surface area contributed by atoms with Crippen molar-refractivity contribution in [1.29, 1.82) is 0 Å². The van der Waals surface area contributed by atoms with E-state index in [1.807, 2.05) is 12.1 Å². The summed E-state index contributed by atoms with van der Waals surface area (Å²) < 4.78 is 12.7. The predicted octanol–water partition coefficient (Wildman–Crippen LogP) is 3.43. The summed E-state index contributed by atoms with van der Waals surface area (Å²) in [5, 5.41) is 9.65. The number of aliphatic hydroxyl groups is 1. The molecule has 2 rings (SSSR count). The van der Waals surface area contributed by atoms with E-state index >= 15 is 0 Å². The molecule has 1 saturated heterocycles. The molecule has 1 fully saturated rings. The fraction of sp³-hybridized carbons (Fsp3) is 0.500. The molecule has 0 aromatic heterocycles. The molecule has 0 radical (unpaired) electrons. The van der Waals surface area contributed by atoms with Crippen LogP contribution in [0.3, 0.4) is 0 Å². The van der Waals surface area contributed by atoms with Crippen molar-refractivity contribution < 1.29 is 14.6 Å². The number of methoxy groups -OCH3 is 1. The lowest BCUT2D eigenvalue weighted by atomic mass is 9.99. The molecule has 94 valence electrons. The first kappa shape index (κ1) is 13.3. The van der Waals surface area contributed by atoms with Gasteiger partial charge in [-0.1, -0.05) is 0 Å². The summed E-state index contributed by atoms with van der Waals surface area (Å²) in [7, 11) is 1.63. The lowest BCUT2D eigenvalue weighted by molar-refractivity contribution is -0.0448. The maximum absolute atomic E-state index is 9.65. The lowest BCUT2D eigenvalue weighted by Gasteiger charge is -2.27. The Morgan fingerprint density at radius 1 is 1.35 bits per heavy atom. The van der Waals surface area contributed by atoms with Gasteiger partial charge in [0.2, 0.25) is 0 Å². The molecule has 0 saturated carbocycles. The Labute approximate surface area is 117 Å². The summed E-state index contributed by atoms with van der Waals surface area (Å²) in [6, 6.07) is 3.96. The zero-order valence-electron chi connectivity index (χ0n) is 9.45. The minimum Gasteiger partial charge on any atom is -0.494 e. The molecule has 1 N–H and O–H groups in total. The van der Waals surface area contributed by atoms with Gasteiger partial charge < -0.3 is 14.6 Å². The first-order chi connectivity index (χ1) is 8.11. The first-order valence-electron chi connectivity index (χ1n) is 5.44. The highest BCUT2D eigenvalue weighted by atomic mass is 79.9. The van der Waals surface area contributed by atoms with Gasteiger partial charge in [0.15, 0.2) is 0 Å². The molecular formula is C12H14Br2O3. The zero-order chi connectivity index (χ0) is 12.4. The van der Waals surface area contributed by atoms with E-state index in [1.54, 1.807) is 7.11 Å². The second-order valence-electron chi connectivity index (χ2n) is 4.06. The molecule has 1 heterocycles. The van der Waals surface area contributed by atoms with Crippen molar-refractivity contribution in [3.05, 3.63) is 26.6 Å². The minimum absolute atomic E-state index is 0.0442. The van der Waals surface area contributed by atoms with Crippen LogP contribution in [-0.4, -0.2) is 24.9 Å². The van der Waals surface area contributed by atoms with Crippen LogP contribution < -0.4 is 4.74 Å². The van der Waals surface area contributed by atoms with E-state index in [0.717, 1.165) is 26.7 Å². The fourth-order valence-corrected chi connectivity index (χ4v) is 3.52. The number of benzene rings is 1. The van der Waals surface area contributed by atoms with Crippen LogP contribution in [0.15, 0.2) is 21.1 Å². The van der Waals surface area contributed by atoms with E-state index < -0.39 is 0 Å². The summed E-state index contributed by atoms with van der Waals surface area (Å²) in [5.41, 5.74) is 1.04. The van der Waals surface area contributed by atoms with Gasteiger partial charge in [-0.2, -0.15) is 0 Å². The van der Waals surface area contributed by atoms with Gasteiger partial charge in [0.05, 0.1) is 28.3 Å². The van der Waals surface area contributed by atoms with Crippen LogP contribution in [0.2, 0.25) is 0 Å². The molecule has 2 unspecified atom stereocenters. The average molecular weight is 366 g/mol. The van der Waals surface area contributed by atoms with Gasteiger partial charge in [-0.3, -0.25) is 0 Å². The largest absolute Gasteiger partial charge is 0.494 e. The average Bonchev–Trinajstić information content (AvgIpc) is 2.28. The second-order valence-corrected chi connectivity index (χ2v) is 5.76. The quantitative estimate of drug-likeness (QED) is 0.872. The lowest BCUT2D eigenvalue weighted by Crippen LogP contribution is -2.23. The number of rotatable bonds is 2. The Balaban J connectivity index is 2.27. The number of ether oxygens (including phenoxy) is 2. The Hall–Kier alpha value is -0.100. The zero-order valence-corrected chi connectivity index (χ0v) is 12.6. The van der Waals surface area contributed by atoms with Gasteiger partial charge in [0.1, 0.15) is 5.75 Å². The molecule has 0 spiro atoms. The van der Waals surface area contributed by atoms with E-state index in [0.29, 0.717) is 13.0 Å². The smallest absolute Gasteiger partial charge is 0.147 e. The van der Waals surface area contributed by atoms with Gasteiger partial charge in [-0.15, -0.1) is 0 Å². The van der Waals surface area contributed by atoms with E-state index in [4.69, 9.17) is 9.47 Å². The molecule has 1 aliphatic heterocycles. The van der Waals surface area contributed by atoms with Gasteiger partial charge in [-0.05, 0) is 56.0 Å². The van der Waals surface area contributed by atoms with E-state index in [1.165, 1.54) is 0 Å². The third kappa shape index (κ3) is 3.02. The van der Waals surface area contributed by atoms with Crippen LogP contribution >= 0.6 is 31.9 Å². The molecule has 2 atom stereocenters. The Morgan fingerprint density at radius 3 is 2.53 bits per heavy atom. The highest BCUT2D eigenvalue weighted by Gasteiger charge is 2.23. The summed E-state index contributed by atoms with van der Waals surface area (Å²) in [6.45, 7) is 0.604. The highest BCUT2D eigenvalue weighted by Crippen LogP contribution is 2.38. The van der Waals surface area contributed by atoms with Gasteiger partial charge >= 0.3 is 0 Å². The molecule has 1 aromatic rings. The summed E-state index contributed by atoms with van der Waals surface area (Å²) in [4.78, 5) is 0. The van der Waals surface area contributed by atoms with E-state index in [2.05, 4.69) is 31.9 Å². The Kier molecular flexibility index (Phi) is 4.47. The summed E-state index contributed by atoms with van der Waals surface area (Å²) in [6.07, 6.45) is 1.05. The molecule has 17 heavy (non-hydrogen) atoms. The van der Waals surface area contributed by atoms with Gasteiger partial charge in [0, 0.05) is 13.0 Å². The normalized spacial score (nSPS) is 24.7. The molecule has 0 aliphatic carbocycles. The van der Waals surface area contributed by atoms with Crippen molar-refractivity contribution in [3.63, 3.8) is 0 Å². The van der Waals surface area contributed by atoms with Crippen LogP contribution in [0.5, 0.6) is 5.75 Å².